The Morgan fingerprint density at radius 1 is 1.73 bits per heavy atom. The molecule has 3 N–H and O–H groups in total. The zero-order valence-electron chi connectivity index (χ0n) is 7.89. The fraction of sp³-hybridized carbons (Fsp3) is 0.333. The summed E-state index contributed by atoms with van der Waals surface area (Å²) in [5.41, 5.74) is 6.29. The van der Waals surface area contributed by atoms with E-state index in [-0.39, 0.29) is 0 Å². The number of pyridine rings is 1. The maximum Gasteiger partial charge on any atom is 0.321 e. The second-order valence-electron chi connectivity index (χ2n) is 2.93. The van der Waals surface area contributed by atoms with Gasteiger partial charge in [0.25, 0.3) is 0 Å². The zero-order valence-corrected chi connectivity index (χ0v) is 9.46. The predicted octanol–water partition coefficient (Wildman–Crippen LogP) is 1.38. The molecule has 0 radical (unpaired) electrons. The number of hydrogen-bond donors (Lipinski definition) is 2. The molecular weight excluding hydrogens is 236 g/mol. The molecule has 0 bridgehead atoms. The summed E-state index contributed by atoms with van der Waals surface area (Å²) in [5.74, 6) is 0.0272. The standard InChI is InChI=1S/C9H11ClN2O2S/c10-7-3-12-2-1-6(7)4-15-5-8(11)9(13)14/h1-3,8H,4-5,11H2,(H,13,14). The lowest BCUT2D eigenvalue weighted by molar-refractivity contribution is -0.137. The zero-order chi connectivity index (χ0) is 11.3. The van der Waals surface area contributed by atoms with Gasteiger partial charge >= 0.3 is 5.97 Å². The van der Waals surface area contributed by atoms with Gasteiger partial charge in [0.05, 0.1) is 5.02 Å². The summed E-state index contributed by atoms with van der Waals surface area (Å²) in [7, 11) is 0. The summed E-state index contributed by atoms with van der Waals surface area (Å²) >= 11 is 7.32. The minimum atomic E-state index is -0.983. The van der Waals surface area contributed by atoms with Gasteiger partial charge in [0, 0.05) is 23.9 Å². The molecule has 1 heterocycles. The molecule has 0 aliphatic heterocycles. The second kappa shape index (κ2) is 5.95. The first-order valence-electron chi connectivity index (χ1n) is 4.25. The normalized spacial score (nSPS) is 12.4. The molecule has 0 aromatic carbocycles. The van der Waals surface area contributed by atoms with Crippen molar-refractivity contribution in [3.8, 4) is 0 Å². The van der Waals surface area contributed by atoms with E-state index in [0.29, 0.717) is 16.5 Å². The molecule has 1 aromatic heterocycles. The first kappa shape index (κ1) is 12.3. The van der Waals surface area contributed by atoms with Crippen LogP contribution in [0.3, 0.4) is 0 Å². The van der Waals surface area contributed by atoms with Gasteiger partial charge in [0.2, 0.25) is 0 Å². The van der Waals surface area contributed by atoms with Crippen LogP contribution in [0.5, 0.6) is 0 Å². The van der Waals surface area contributed by atoms with E-state index in [1.807, 2.05) is 6.07 Å². The fourth-order valence-corrected chi connectivity index (χ4v) is 2.14. The fourth-order valence-electron chi connectivity index (χ4n) is 0.888. The van der Waals surface area contributed by atoms with Gasteiger partial charge in [-0.05, 0) is 11.6 Å². The van der Waals surface area contributed by atoms with E-state index in [9.17, 15) is 4.79 Å². The molecule has 0 amide bonds. The third-order valence-electron chi connectivity index (χ3n) is 1.73. The summed E-state index contributed by atoms with van der Waals surface area (Å²) in [4.78, 5) is 14.3. The quantitative estimate of drug-likeness (QED) is 0.821. The number of aliphatic carboxylic acids is 1. The summed E-state index contributed by atoms with van der Waals surface area (Å²) in [5, 5.41) is 9.15. The highest BCUT2D eigenvalue weighted by atomic mass is 35.5. The van der Waals surface area contributed by atoms with Gasteiger partial charge in [-0.2, -0.15) is 11.8 Å². The first-order valence-corrected chi connectivity index (χ1v) is 5.79. The van der Waals surface area contributed by atoms with Crippen molar-refractivity contribution in [3.05, 3.63) is 29.0 Å². The number of carboxylic acids is 1. The average molecular weight is 247 g/mol. The van der Waals surface area contributed by atoms with E-state index in [2.05, 4.69) is 4.98 Å². The van der Waals surface area contributed by atoms with Gasteiger partial charge in [0.1, 0.15) is 6.04 Å². The number of rotatable bonds is 5. The molecule has 0 aliphatic carbocycles. The Morgan fingerprint density at radius 3 is 3.07 bits per heavy atom. The smallest absolute Gasteiger partial charge is 0.321 e. The van der Waals surface area contributed by atoms with Crippen molar-refractivity contribution in [2.24, 2.45) is 5.73 Å². The van der Waals surface area contributed by atoms with Gasteiger partial charge in [-0.15, -0.1) is 0 Å². The average Bonchev–Trinajstić information content (AvgIpc) is 2.20. The monoisotopic (exact) mass is 246 g/mol. The van der Waals surface area contributed by atoms with Gasteiger partial charge in [-0.25, -0.2) is 0 Å². The van der Waals surface area contributed by atoms with Gasteiger partial charge in [-0.3, -0.25) is 9.78 Å². The van der Waals surface area contributed by atoms with E-state index in [0.717, 1.165) is 5.56 Å². The largest absolute Gasteiger partial charge is 0.480 e. The van der Waals surface area contributed by atoms with Crippen LogP contribution in [0.15, 0.2) is 18.5 Å². The Morgan fingerprint density at radius 2 is 2.47 bits per heavy atom. The molecule has 1 aromatic rings. The van der Waals surface area contributed by atoms with Crippen LogP contribution in [-0.2, 0) is 10.5 Å². The van der Waals surface area contributed by atoms with Crippen LogP contribution < -0.4 is 5.73 Å². The molecule has 1 unspecified atom stereocenters. The number of halogens is 1. The number of carboxylic acid groups (broad SMARTS) is 1. The van der Waals surface area contributed by atoms with Gasteiger partial charge in [0.15, 0.2) is 0 Å². The van der Waals surface area contributed by atoms with Crippen LogP contribution in [0.2, 0.25) is 5.02 Å². The summed E-state index contributed by atoms with van der Waals surface area (Å²) in [6.45, 7) is 0. The van der Waals surface area contributed by atoms with Crippen LogP contribution in [0.4, 0.5) is 0 Å². The van der Waals surface area contributed by atoms with E-state index >= 15 is 0 Å². The molecule has 82 valence electrons. The van der Waals surface area contributed by atoms with Crippen LogP contribution in [0, 0.1) is 0 Å². The lowest BCUT2D eigenvalue weighted by Crippen LogP contribution is -2.32. The van der Waals surface area contributed by atoms with E-state index < -0.39 is 12.0 Å². The molecule has 4 nitrogen and oxygen atoms in total. The maximum absolute atomic E-state index is 10.4. The van der Waals surface area contributed by atoms with E-state index in [1.165, 1.54) is 11.8 Å². The number of nitrogens with zero attached hydrogens (tertiary/aromatic N) is 1. The number of aromatic nitrogens is 1. The highest BCUT2D eigenvalue weighted by molar-refractivity contribution is 7.98. The molecule has 0 fully saturated rings. The number of carbonyl (C=O) groups is 1. The maximum atomic E-state index is 10.4. The number of nitrogens with two attached hydrogens (primary N) is 1. The predicted molar refractivity (Wildman–Crippen MR) is 61.0 cm³/mol. The second-order valence-corrected chi connectivity index (χ2v) is 4.36. The van der Waals surface area contributed by atoms with Crippen LogP contribution in [-0.4, -0.2) is 27.9 Å². The van der Waals surface area contributed by atoms with Crippen molar-refractivity contribution in [2.45, 2.75) is 11.8 Å². The summed E-state index contributed by atoms with van der Waals surface area (Å²) < 4.78 is 0. The number of thioether (sulfide) groups is 1. The Labute approximate surface area is 96.8 Å². The topological polar surface area (TPSA) is 76.2 Å². The minimum absolute atomic E-state index is 0.369. The Balaban J connectivity index is 2.38. The summed E-state index contributed by atoms with van der Waals surface area (Å²) in [6, 6.07) is 0.984. The third-order valence-corrected chi connectivity index (χ3v) is 3.18. The molecule has 1 atom stereocenters. The van der Waals surface area contributed by atoms with Gasteiger partial charge in [-0.1, -0.05) is 11.6 Å². The highest BCUT2D eigenvalue weighted by Crippen LogP contribution is 2.19. The SMILES string of the molecule is NC(CSCc1ccncc1Cl)C(=O)O. The van der Waals surface area contributed by atoms with Crippen molar-refractivity contribution in [1.29, 1.82) is 0 Å². The van der Waals surface area contributed by atoms with Crippen molar-refractivity contribution in [3.63, 3.8) is 0 Å². The Hall–Kier alpha value is -0.780. The van der Waals surface area contributed by atoms with Crippen LogP contribution >= 0.6 is 23.4 Å². The summed E-state index contributed by atoms with van der Waals surface area (Å²) in [6.07, 6.45) is 3.22. The molecule has 0 saturated carbocycles. The Kier molecular flexibility index (Phi) is 4.87. The van der Waals surface area contributed by atoms with E-state index in [4.69, 9.17) is 22.4 Å². The third kappa shape index (κ3) is 4.07. The van der Waals surface area contributed by atoms with Crippen molar-refractivity contribution in [1.82, 2.24) is 4.98 Å². The van der Waals surface area contributed by atoms with Crippen LogP contribution in [0.25, 0.3) is 0 Å². The molecule has 15 heavy (non-hydrogen) atoms. The molecule has 0 aliphatic rings. The lowest BCUT2D eigenvalue weighted by atomic mass is 10.3. The molecule has 0 spiro atoms. The first-order chi connectivity index (χ1) is 7.11. The molecule has 1 rings (SSSR count). The molecular formula is C9H11ClN2O2S. The lowest BCUT2D eigenvalue weighted by Gasteiger charge is -2.06. The number of hydrogen-bond acceptors (Lipinski definition) is 4. The van der Waals surface area contributed by atoms with E-state index in [1.54, 1.807) is 12.4 Å². The van der Waals surface area contributed by atoms with Crippen molar-refractivity contribution in [2.75, 3.05) is 5.75 Å². The Bertz CT molecular complexity index is 349. The molecule has 6 heteroatoms. The van der Waals surface area contributed by atoms with Crippen molar-refractivity contribution < 1.29 is 9.90 Å². The van der Waals surface area contributed by atoms with Crippen molar-refractivity contribution >= 4 is 29.3 Å². The molecule has 0 saturated heterocycles. The minimum Gasteiger partial charge on any atom is -0.480 e. The highest BCUT2D eigenvalue weighted by Gasteiger charge is 2.11. The van der Waals surface area contributed by atoms with Crippen LogP contribution in [0.1, 0.15) is 5.56 Å². The van der Waals surface area contributed by atoms with Gasteiger partial charge < -0.3 is 10.8 Å².